The molecule has 0 amide bonds. The van der Waals surface area contributed by atoms with Crippen molar-refractivity contribution in [1.29, 1.82) is 0 Å². The summed E-state index contributed by atoms with van der Waals surface area (Å²) in [6.07, 6.45) is 7.88. The number of nitrogens with zero attached hydrogens (tertiary/aromatic N) is 2. The van der Waals surface area contributed by atoms with E-state index in [1.54, 1.807) is 11.8 Å². The molecule has 3 heteroatoms. The first-order valence-electron chi connectivity index (χ1n) is 3.19. The molecule has 0 spiro atoms. The second kappa shape index (κ2) is 2.66. The van der Waals surface area contributed by atoms with E-state index >= 15 is 0 Å². The average Bonchev–Trinajstić information content (AvgIpc) is 1.96. The molecule has 0 radical (unpaired) electrons. The molecule has 1 rings (SSSR count). The topological polar surface area (TPSA) is 15.6 Å². The predicted molar refractivity (Wildman–Crippen MR) is 47.3 cm³/mol. The van der Waals surface area contributed by atoms with Gasteiger partial charge in [-0.25, -0.2) is 0 Å². The van der Waals surface area contributed by atoms with Crippen molar-refractivity contribution in [2.75, 3.05) is 13.3 Å². The number of hydrogen-bond donors (Lipinski definition) is 0. The zero-order valence-electron chi connectivity index (χ0n) is 6.53. The monoisotopic (exact) mass is 156 g/mol. The molecule has 56 valence electrons. The van der Waals surface area contributed by atoms with E-state index in [1.807, 2.05) is 25.5 Å². The quantitative estimate of drug-likeness (QED) is 0.572. The molecule has 1 aliphatic rings. The zero-order valence-corrected chi connectivity index (χ0v) is 7.35. The van der Waals surface area contributed by atoms with E-state index < -0.39 is 0 Å². The van der Waals surface area contributed by atoms with Gasteiger partial charge >= 0.3 is 0 Å². The van der Waals surface area contributed by atoms with Crippen LogP contribution in [0.25, 0.3) is 0 Å². The molecule has 1 unspecified atom stereocenters. The van der Waals surface area contributed by atoms with Crippen molar-refractivity contribution < 1.29 is 0 Å². The van der Waals surface area contributed by atoms with Gasteiger partial charge < -0.3 is 4.90 Å². The van der Waals surface area contributed by atoms with Gasteiger partial charge in [-0.3, -0.25) is 4.99 Å². The van der Waals surface area contributed by atoms with Crippen molar-refractivity contribution >= 4 is 18.0 Å². The Morgan fingerprint density at radius 1 is 1.60 bits per heavy atom. The van der Waals surface area contributed by atoms with E-state index in [1.165, 1.54) is 0 Å². The Balaban J connectivity index is 2.77. The Labute approximate surface area is 66.0 Å². The van der Waals surface area contributed by atoms with Crippen LogP contribution < -0.4 is 0 Å². The molecular formula is C7H12N2S. The number of hydrogen-bond acceptors (Lipinski definition) is 3. The standard InChI is InChI=1S/C7H12N2S/c1-7(10-3)8-5-4-6-9(7)2/h4-6H,1-3H3. The van der Waals surface area contributed by atoms with Crippen LogP contribution in [0.1, 0.15) is 6.92 Å². The van der Waals surface area contributed by atoms with Crippen LogP contribution in [-0.4, -0.2) is 29.4 Å². The minimum absolute atomic E-state index is 0.0885. The molecular weight excluding hydrogens is 144 g/mol. The minimum Gasteiger partial charge on any atom is -0.349 e. The fourth-order valence-electron chi connectivity index (χ4n) is 0.775. The predicted octanol–water partition coefficient (Wildman–Crippen LogP) is 1.55. The fourth-order valence-corrected chi connectivity index (χ4v) is 1.29. The Kier molecular flexibility index (Phi) is 2.04. The van der Waals surface area contributed by atoms with Crippen molar-refractivity contribution in [3.05, 3.63) is 12.3 Å². The fraction of sp³-hybridized carbons (Fsp3) is 0.571. The van der Waals surface area contributed by atoms with Crippen molar-refractivity contribution in [2.24, 2.45) is 4.99 Å². The van der Waals surface area contributed by atoms with E-state index in [9.17, 15) is 0 Å². The molecule has 0 saturated heterocycles. The molecule has 0 aromatic heterocycles. The van der Waals surface area contributed by atoms with Crippen LogP contribution >= 0.6 is 11.8 Å². The van der Waals surface area contributed by atoms with Crippen LogP contribution in [0.3, 0.4) is 0 Å². The lowest BCUT2D eigenvalue weighted by molar-refractivity contribution is 0.322. The van der Waals surface area contributed by atoms with Crippen LogP contribution in [0, 0.1) is 0 Å². The number of thioether (sulfide) groups is 1. The maximum Gasteiger partial charge on any atom is 0.175 e. The summed E-state index contributed by atoms with van der Waals surface area (Å²) in [5, 5.41) is 0. The highest BCUT2D eigenvalue weighted by Gasteiger charge is 2.25. The van der Waals surface area contributed by atoms with E-state index in [-0.39, 0.29) is 4.99 Å². The second-order valence-corrected chi connectivity index (χ2v) is 3.55. The van der Waals surface area contributed by atoms with Crippen molar-refractivity contribution in [1.82, 2.24) is 4.90 Å². The molecule has 0 aliphatic carbocycles. The third-order valence-electron chi connectivity index (χ3n) is 1.75. The Hall–Kier alpha value is -0.440. The van der Waals surface area contributed by atoms with E-state index in [4.69, 9.17) is 0 Å². The third kappa shape index (κ3) is 1.19. The molecule has 2 nitrogen and oxygen atoms in total. The third-order valence-corrected chi connectivity index (χ3v) is 2.92. The molecule has 1 aliphatic heterocycles. The smallest absolute Gasteiger partial charge is 0.175 e. The molecule has 1 atom stereocenters. The summed E-state index contributed by atoms with van der Waals surface area (Å²) in [6, 6.07) is 0. The molecule has 1 heterocycles. The zero-order chi connectivity index (χ0) is 7.61. The van der Waals surface area contributed by atoms with Crippen LogP contribution in [0.2, 0.25) is 0 Å². The van der Waals surface area contributed by atoms with Crippen LogP contribution in [0.5, 0.6) is 0 Å². The van der Waals surface area contributed by atoms with E-state index in [2.05, 4.69) is 23.1 Å². The lowest BCUT2D eigenvalue weighted by Crippen LogP contribution is -2.36. The van der Waals surface area contributed by atoms with Gasteiger partial charge in [-0.1, -0.05) is 0 Å². The van der Waals surface area contributed by atoms with Gasteiger partial charge in [0.05, 0.1) is 0 Å². The molecule has 0 bridgehead atoms. The van der Waals surface area contributed by atoms with Gasteiger partial charge in [0.2, 0.25) is 0 Å². The lowest BCUT2D eigenvalue weighted by Gasteiger charge is -2.34. The summed E-state index contributed by atoms with van der Waals surface area (Å²) in [5.41, 5.74) is 0. The SMILES string of the molecule is CSC1(C)N=CC=CN1C. The van der Waals surface area contributed by atoms with Gasteiger partial charge in [-0.15, -0.1) is 11.8 Å². The number of rotatable bonds is 1. The first kappa shape index (κ1) is 7.66. The highest BCUT2D eigenvalue weighted by Crippen LogP contribution is 2.28. The van der Waals surface area contributed by atoms with Gasteiger partial charge in [0, 0.05) is 19.5 Å². The van der Waals surface area contributed by atoms with Gasteiger partial charge in [-0.2, -0.15) is 0 Å². The molecule has 0 aromatic rings. The normalized spacial score (nSPS) is 31.3. The Morgan fingerprint density at radius 3 is 2.70 bits per heavy atom. The molecule has 0 fully saturated rings. The maximum absolute atomic E-state index is 4.34. The van der Waals surface area contributed by atoms with Crippen LogP contribution in [-0.2, 0) is 0 Å². The van der Waals surface area contributed by atoms with Gasteiger partial charge in [0.15, 0.2) is 4.99 Å². The summed E-state index contributed by atoms with van der Waals surface area (Å²) in [4.78, 5) is 6.34. The maximum atomic E-state index is 4.34. The van der Waals surface area contributed by atoms with Crippen molar-refractivity contribution in [2.45, 2.75) is 11.9 Å². The number of allylic oxidation sites excluding steroid dienone is 1. The van der Waals surface area contributed by atoms with E-state index in [0.29, 0.717) is 0 Å². The summed E-state index contributed by atoms with van der Waals surface area (Å²) in [7, 11) is 2.03. The number of aliphatic imine (C=N–C) groups is 1. The van der Waals surface area contributed by atoms with Crippen molar-refractivity contribution in [3.63, 3.8) is 0 Å². The largest absolute Gasteiger partial charge is 0.349 e. The first-order valence-corrected chi connectivity index (χ1v) is 4.41. The summed E-state index contributed by atoms with van der Waals surface area (Å²) in [5.74, 6) is 0. The summed E-state index contributed by atoms with van der Waals surface area (Å²) >= 11 is 1.73. The average molecular weight is 156 g/mol. The molecule has 0 aromatic carbocycles. The van der Waals surface area contributed by atoms with Gasteiger partial charge in [0.25, 0.3) is 0 Å². The second-order valence-electron chi connectivity index (χ2n) is 2.37. The van der Waals surface area contributed by atoms with Gasteiger partial charge in [-0.05, 0) is 19.3 Å². The van der Waals surface area contributed by atoms with E-state index in [0.717, 1.165) is 0 Å². The molecule has 0 saturated carbocycles. The molecule has 0 N–H and O–H groups in total. The Bertz CT molecular complexity index is 176. The first-order chi connectivity index (χ1) is 4.69. The Morgan fingerprint density at radius 2 is 2.30 bits per heavy atom. The highest BCUT2D eigenvalue weighted by molar-refractivity contribution is 7.99. The highest BCUT2D eigenvalue weighted by atomic mass is 32.2. The summed E-state index contributed by atoms with van der Waals surface area (Å²) in [6.45, 7) is 2.09. The molecule has 10 heavy (non-hydrogen) atoms. The van der Waals surface area contributed by atoms with Crippen molar-refractivity contribution in [3.8, 4) is 0 Å². The van der Waals surface area contributed by atoms with Crippen LogP contribution in [0.15, 0.2) is 17.3 Å². The lowest BCUT2D eigenvalue weighted by atomic mass is 10.4. The van der Waals surface area contributed by atoms with Gasteiger partial charge in [0.1, 0.15) is 0 Å². The van der Waals surface area contributed by atoms with Crippen LogP contribution in [0.4, 0.5) is 0 Å². The summed E-state index contributed by atoms with van der Waals surface area (Å²) < 4.78 is 0. The minimum atomic E-state index is -0.0885.